The molecule has 2 rings (SSSR count). The number of carbonyl (C=O) groups excluding carboxylic acids is 3. The molecule has 12 nitrogen and oxygen atoms in total. The topological polar surface area (TPSA) is 185 Å². The summed E-state index contributed by atoms with van der Waals surface area (Å²) in [6, 6.07) is -4.47. The molecule has 0 aromatic carbocycles. The molecule has 2 aliphatic heterocycles. The van der Waals surface area contributed by atoms with Crippen LogP contribution in [0.15, 0.2) is 0 Å². The Morgan fingerprint density at radius 2 is 1.76 bits per heavy atom. The number of nitrogens with zero attached hydrogens (tertiary/aromatic N) is 1. The van der Waals surface area contributed by atoms with E-state index in [2.05, 4.69) is 16.0 Å². The molecule has 0 radical (unpaired) electrons. The Kier molecular flexibility index (Phi) is 7.91. The lowest BCUT2D eigenvalue weighted by atomic mass is 10.1. The number of nitrogens with one attached hydrogen (secondary N) is 3. The summed E-state index contributed by atoms with van der Waals surface area (Å²) in [5, 5.41) is 35.3. The van der Waals surface area contributed by atoms with Crippen molar-refractivity contribution in [1.29, 1.82) is 0 Å². The highest BCUT2D eigenvalue weighted by Gasteiger charge is 2.39. The molecule has 0 bridgehead atoms. The molecule has 2 fully saturated rings. The van der Waals surface area contributed by atoms with E-state index in [1.807, 2.05) is 0 Å². The highest BCUT2D eigenvalue weighted by molar-refractivity contribution is 5.95. The smallest absolute Gasteiger partial charge is 0.326 e. The molecule has 0 aromatic heterocycles. The molecule has 3 amide bonds. The van der Waals surface area contributed by atoms with E-state index < -0.39 is 66.9 Å². The Hall–Kier alpha value is -2.73. The SMILES string of the molecule is O=C(O)CC(NC(=O)C(CO)NC(=O)C1CCCN1)C(=O)N1CCCC1C(=O)O. The van der Waals surface area contributed by atoms with Gasteiger partial charge in [0, 0.05) is 6.54 Å². The summed E-state index contributed by atoms with van der Waals surface area (Å²) in [4.78, 5) is 60.8. The highest BCUT2D eigenvalue weighted by Crippen LogP contribution is 2.19. The van der Waals surface area contributed by atoms with Crippen molar-refractivity contribution < 1.29 is 39.3 Å². The lowest BCUT2D eigenvalue weighted by Crippen LogP contribution is -2.58. The van der Waals surface area contributed by atoms with Gasteiger partial charge in [-0.3, -0.25) is 19.2 Å². The summed E-state index contributed by atoms with van der Waals surface area (Å²) in [6.07, 6.45) is 1.30. The predicted molar refractivity (Wildman–Crippen MR) is 96.6 cm³/mol. The van der Waals surface area contributed by atoms with Gasteiger partial charge in [0.25, 0.3) is 0 Å². The van der Waals surface area contributed by atoms with Crippen LogP contribution in [0.3, 0.4) is 0 Å². The van der Waals surface area contributed by atoms with Gasteiger partial charge in [-0.05, 0) is 32.2 Å². The number of carbonyl (C=O) groups is 5. The molecule has 12 heteroatoms. The van der Waals surface area contributed by atoms with Crippen LogP contribution in [0.5, 0.6) is 0 Å². The fraction of sp³-hybridized carbons (Fsp3) is 0.706. The molecule has 0 spiro atoms. The molecule has 6 N–H and O–H groups in total. The van der Waals surface area contributed by atoms with Crippen LogP contribution in [0, 0.1) is 0 Å². The standard InChI is InChI=1S/C17H26N4O8/c22-8-11(20-14(25)9-3-1-5-18-9)15(26)19-10(7-13(23)24)16(27)21-6-2-4-12(21)17(28)29/h9-12,18,22H,1-8H2,(H,19,26)(H,20,25)(H,23,24)(H,28,29). The zero-order valence-corrected chi connectivity index (χ0v) is 15.8. The number of aliphatic hydroxyl groups is 1. The molecular formula is C17H26N4O8. The van der Waals surface area contributed by atoms with Crippen LogP contribution < -0.4 is 16.0 Å². The molecule has 162 valence electrons. The van der Waals surface area contributed by atoms with Crippen molar-refractivity contribution in [2.45, 2.75) is 56.3 Å². The Morgan fingerprint density at radius 1 is 1.03 bits per heavy atom. The normalized spacial score (nSPS) is 23.3. The van der Waals surface area contributed by atoms with E-state index in [-0.39, 0.29) is 13.0 Å². The minimum Gasteiger partial charge on any atom is -0.481 e. The summed E-state index contributed by atoms with van der Waals surface area (Å²) < 4.78 is 0. The van der Waals surface area contributed by atoms with Gasteiger partial charge in [-0.25, -0.2) is 4.79 Å². The van der Waals surface area contributed by atoms with Gasteiger partial charge in [-0.1, -0.05) is 0 Å². The third-order valence-electron chi connectivity index (χ3n) is 5.01. The molecule has 2 heterocycles. The third-order valence-corrected chi connectivity index (χ3v) is 5.01. The third kappa shape index (κ3) is 5.87. The lowest BCUT2D eigenvalue weighted by molar-refractivity contribution is -0.150. The summed E-state index contributed by atoms with van der Waals surface area (Å²) in [6.45, 7) is 0.0406. The van der Waals surface area contributed by atoms with Gasteiger partial charge in [0.05, 0.1) is 19.1 Å². The first-order chi connectivity index (χ1) is 13.7. The fourth-order valence-corrected chi connectivity index (χ4v) is 3.51. The van der Waals surface area contributed by atoms with Crippen LogP contribution >= 0.6 is 0 Å². The van der Waals surface area contributed by atoms with Crippen molar-refractivity contribution in [3.8, 4) is 0 Å². The van der Waals surface area contributed by atoms with Gasteiger partial charge < -0.3 is 36.2 Å². The quantitative estimate of drug-likeness (QED) is 0.233. The molecule has 4 unspecified atom stereocenters. The first-order valence-electron chi connectivity index (χ1n) is 9.44. The van der Waals surface area contributed by atoms with Crippen LogP contribution in [0.25, 0.3) is 0 Å². The monoisotopic (exact) mass is 414 g/mol. The van der Waals surface area contributed by atoms with Crippen molar-refractivity contribution in [2.24, 2.45) is 0 Å². The first kappa shape index (κ1) is 22.6. The molecule has 2 aliphatic rings. The summed E-state index contributed by atoms with van der Waals surface area (Å²) in [7, 11) is 0. The molecule has 2 saturated heterocycles. The molecule has 0 aliphatic carbocycles. The van der Waals surface area contributed by atoms with E-state index in [4.69, 9.17) is 5.11 Å². The van der Waals surface area contributed by atoms with Gasteiger partial charge in [-0.2, -0.15) is 0 Å². The van der Waals surface area contributed by atoms with Gasteiger partial charge in [0.15, 0.2) is 0 Å². The largest absolute Gasteiger partial charge is 0.481 e. The lowest BCUT2D eigenvalue weighted by Gasteiger charge is -2.28. The van der Waals surface area contributed by atoms with Crippen molar-refractivity contribution in [3.05, 3.63) is 0 Å². The van der Waals surface area contributed by atoms with Crippen molar-refractivity contribution >= 4 is 29.7 Å². The van der Waals surface area contributed by atoms with Gasteiger partial charge in [0.1, 0.15) is 18.1 Å². The van der Waals surface area contributed by atoms with E-state index in [1.165, 1.54) is 0 Å². The maximum absolute atomic E-state index is 12.7. The zero-order chi connectivity index (χ0) is 21.6. The number of aliphatic hydroxyl groups excluding tert-OH is 1. The van der Waals surface area contributed by atoms with Crippen LogP contribution in [0.2, 0.25) is 0 Å². The number of hydrogen-bond donors (Lipinski definition) is 6. The molecule has 29 heavy (non-hydrogen) atoms. The Bertz CT molecular complexity index is 664. The average Bonchev–Trinajstić information content (AvgIpc) is 3.35. The minimum atomic E-state index is -1.52. The Morgan fingerprint density at radius 3 is 2.31 bits per heavy atom. The number of hydrogen-bond acceptors (Lipinski definition) is 7. The summed E-state index contributed by atoms with van der Waals surface area (Å²) in [5.74, 6) is -4.81. The van der Waals surface area contributed by atoms with Crippen LogP contribution in [-0.2, 0) is 24.0 Å². The number of carboxylic acids is 2. The number of carboxylic acid groups (broad SMARTS) is 2. The number of likely N-dealkylation sites (tertiary alicyclic amines) is 1. The van der Waals surface area contributed by atoms with E-state index in [1.54, 1.807) is 0 Å². The summed E-state index contributed by atoms with van der Waals surface area (Å²) in [5.41, 5.74) is 0. The minimum absolute atomic E-state index is 0.134. The second-order valence-electron chi connectivity index (χ2n) is 7.08. The van der Waals surface area contributed by atoms with Crippen molar-refractivity contribution in [3.63, 3.8) is 0 Å². The zero-order valence-electron chi connectivity index (χ0n) is 15.8. The van der Waals surface area contributed by atoms with Crippen LogP contribution in [0.1, 0.15) is 32.1 Å². The maximum atomic E-state index is 12.7. The highest BCUT2D eigenvalue weighted by atomic mass is 16.4. The van der Waals surface area contributed by atoms with E-state index >= 15 is 0 Å². The average molecular weight is 414 g/mol. The van der Waals surface area contributed by atoms with Crippen molar-refractivity contribution in [1.82, 2.24) is 20.9 Å². The van der Waals surface area contributed by atoms with E-state index in [9.17, 15) is 34.2 Å². The first-order valence-corrected chi connectivity index (χ1v) is 9.44. The molecular weight excluding hydrogens is 388 g/mol. The molecule has 0 saturated carbocycles. The molecule has 4 atom stereocenters. The van der Waals surface area contributed by atoms with Gasteiger partial charge in [0.2, 0.25) is 17.7 Å². The summed E-state index contributed by atoms with van der Waals surface area (Å²) >= 11 is 0. The Labute approximate surface area is 166 Å². The molecule has 0 aromatic rings. The fourth-order valence-electron chi connectivity index (χ4n) is 3.51. The number of rotatable bonds is 9. The second-order valence-corrected chi connectivity index (χ2v) is 7.08. The van der Waals surface area contributed by atoms with Gasteiger partial charge >= 0.3 is 11.9 Å². The number of aliphatic carboxylic acids is 2. The predicted octanol–water partition coefficient (Wildman–Crippen LogP) is -2.75. The second kappa shape index (κ2) is 10.2. The van der Waals surface area contributed by atoms with E-state index in [0.29, 0.717) is 19.4 Å². The maximum Gasteiger partial charge on any atom is 0.326 e. The van der Waals surface area contributed by atoms with Crippen LogP contribution in [0.4, 0.5) is 0 Å². The van der Waals surface area contributed by atoms with Crippen molar-refractivity contribution in [2.75, 3.05) is 19.7 Å². The van der Waals surface area contributed by atoms with E-state index in [0.717, 1.165) is 11.3 Å². The Balaban J connectivity index is 2.05. The van der Waals surface area contributed by atoms with Crippen LogP contribution in [-0.4, -0.2) is 93.7 Å². The van der Waals surface area contributed by atoms with Gasteiger partial charge in [-0.15, -0.1) is 0 Å². The number of amides is 3.